The van der Waals surface area contributed by atoms with Crippen LogP contribution in [-0.2, 0) is 14.9 Å². The highest BCUT2D eigenvalue weighted by Crippen LogP contribution is 3.09. The number of carboxylic acids is 1. The van der Waals surface area contributed by atoms with Gasteiger partial charge in [0.2, 0.25) is 5.89 Å². The molecule has 1 aromatic rings. The van der Waals surface area contributed by atoms with Gasteiger partial charge in [0.15, 0.2) is 5.69 Å². The van der Waals surface area contributed by atoms with Crippen LogP contribution in [0.25, 0.3) is 0 Å². The molecule has 1 heterocycles. The lowest BCUT2D eigenvalue weighted by atomic mass is 8.92. The maximum absolute atomic E-state index is 11.5. The second-order valence-electron chi connectivity index (χ2n) is 6.86. The summed E-state index contributed by atoms with van der Waals surface area (Å²) in [6.45, 7) is 0. The Hall–Kier alpha value is -1.85. The van der Waals surface area contributed by atoms with Gasteiger partial charge < -0.3 is 14.3 Å². The summed E-state index contributed by atoms with van der Waals surface area (Å²) in [5.74, 6) is 1.88. The van der Waals surface area contributed by atoms with Crippen LogP contribution in [0.3, 0.4) is 0 Å². The summed E-state index contributed by atoms with van der Waals surface area (Å²) in [6, 6.07) is 0. The molecule has 6 nitrogen and oxygen atoms in total. The van der Waals surface area contributed by atoms with Crippen LogP contribution in [0.2, 0.25) is 0 Å². The van der Waals surface area contributed by atoms with Crippen LogP contribution >= 0.6 is 0 Å². The Balaban J connectivity index is 1.39. The second kappa shape index (κ2) is 2.29. The first-order chi connectivity index (χ1) is 9.62. The lowest BCUT2D eigenvalue weighted by molar-refractivity contribution is -0.616. The molecular weight excluding hydrogens is 262 g/mol. The third-order valence-electron chi connectivity index (χ3n) is 7.27. The van der Waals surface area contributed by atoms with Gasteiger partial charge in [-0.25, -0.2) is 9.78 Å². The molecule has 0 radical (unpaired) electrons. The van der Waals surface area contributed by atoms with E-state index in [9.17, 15) is 14.7 Å². The van der Waals surface area contributed by atoms with Crippen molar-refractivity contribution in [2.75, 3.05) is 7.11 Å². The summed E-state index contributed by atoms with van der Waals surface area (Å²) in [6.07, 6.45) is 1.36. The molecule has 1 N–H and O–H groups in total. The Bertz CT molecular complexity index is 680. The summed E-state index contributed by atoms with van der Waals surface area (Å²) in [5, 5.41) is 9.43. The number of methoxy groups -OCH3 is 1. The number of aromatic nitrogens is 1. The van der Waals surface area contributed by atoms with Gasteiger partial charge in [0.1, 0.15) is 6.26 Å². The average molecular weight is 273 g/mol. The second-order valence-corrected chi connectivity index (χ2v) is 6.86. The quantitative estimate of drug-likeness (QED) is 0.808. The molecule has 6 saturated carbocycles. The highest BCUT2D eigenvalue weighted by Gasteiger charge is 3.13. The van der Waals surface area contributed by atoms with Gasteiger partial charge in [-0.3, -0.25) is 4.79 Å². The molecule has 1 aromatic heterocycles. The van der Waals surface area contributed by atoms with Crippen molar-refractivity contribution in [3.8, 4) is 0 Å². The zero-order valence-corrected chi connectivity index (χ0v) is 10.6. The first kappa shape index (κ1) is 9.96. The van der Waals surface area contributed by atoms with Crippen LogP contribution in [0.5, 0.6) is 0 Å². The number of nitrogens with zero attached hydrogens (tertiary/aromatic N) is 1. The SMILES string of the molecule is COC(=O)c1coc(C23C4C5C2C2C3C4C52C(=O)O)n1. The van der Waals surface area contributed by atoms with Gasteiger partial charge in [-0.15, -0.1) is 0 Å². The Morgan fingerprint density at radius 2 is 1.85 bits per heavy atom. The van der Waals surface area contributed by atoms with Crippen LogP contribution in [0, 0.1) is 40.9 Å². The number of aliphatic carboxylic acids is 1. The van der Waals surface area contributed by atoms with Crippen molar-refractivity contribution in [3.63, 3.8) is 0 Å². The molecule has 20 heavy (non-hydrogen) atoms. The predicted molar refractivity (Wildman–Crippen MR) is 60.5 cm³/mol. The number of carbonyl (C=O) groups is 2. The first-order valence-corrected chi connectivity index (χ1v) is 6.90. The van der Waals surface area contributed by atoms with Gasteiger partial charge in [0.25, 0.3) is 0 Å². The molecule has 0 spiro atoms. The Morgan fingerprint density at radius 3 is 2.35 bits per heavy atom. The van der Waals surface area contributed by atoms with Crippen molar-refractivity contribution in [2.45, 2.75) is 5.41 Å². The van der Waals surface area contributed by atoms with Crippen LogP contribution in [0.1, 0.15) is 16.4 Å². The number of oxazole rings is 1. The van der Waals surface area contributed by atoms with E-state index in [-0.39, 0.29) is 16.5 Å². The van der Waals surface area contributed by atoms with E-state index in [0.717, 1.165) is 0 Å². The summed E-state index contributed by atoms with van der Waals surface area (Å²) in [4.78, 5) is 27.2. The lowest BCUT2D eigenvalue weighted by Crippen LogP contribution is -3.12. The van der Waals surface area contributed by atoms with E-state index < -0.39 is 11.9 Å². The van der Waals surface area contributed by atoms with E-state index in [2.05, 4.69) is 9.72 Å². The normalized spacial score (nSPS) is 57.2. The van der Waals surface area contributed by atoms with Crippen molar-refractivity contribution < 1.29 is 23.8 Å². The van der Waals surface area contributed by atoms with Crippen LogP contribution in [0.15, 0.2) is 10.7 Å². The van der Waals surface area contributed by atoms with Crippen LogP contribution < -0.4 is 0 Å². The van der Waals surface area contributed by atoms with Crippen molar-refractivity contribution in [2.24, 2.45) is 40.9 Å². The third kappa shape index (κ3) is 0.511. The molecule has 0 aliphatic heterocycles. The fourth-order valence-electron chi connectivity index (χ4n) is 7.05. The maximum atomic E-state index is 11.5. The molecule has 0 aromatic carbocycles. The van der Waals surface area contributed by atoms with Gasteiger partial charge in [-0.2, -0.15) is 0 Å². The summed E-state index contributed by atoms with van der Waals surface area (Å²) < 4.78 is 10.2. The minimum absolute atomic E-state index is 0.0243. The monoisotopic (exact) mass is 273 g/mol. The number of rotatable bonds is 3. The molecule has 7 rings (SSSR count). The first-order valence-electron chi connectivity index (χ1n) is 6.90. The predicted octanol–water partition coefficient (Wildman–Crippen LogP) is 0.535. The fraction of sp³-hybridized carbons (Fsp3) is 0.643. The highest BCUT2D eigenvalue weighted by atomic mass is 16.5. The third-order valence-corrected chi connectivity index (χ3v) is 7.27. The van der Waals surface area contributed by atoms with Gasteiger partial charge in [0, 0.05) is 0 Å². The van der Waals surface area contributed by atoms with Gasteiger partial charge >= 0.3 is 11.9 Å². The minimum Gasteiger partial charge on any atom is -0.481 e. The van der Waals surface area contributed by atoms with E-state index >= 15 is 0 Å². The van der Waals surface area contributed by atoms with Crippen LogP contribution in [0.4, 0.5) is 0 Å². The van der Waals surface area contributed by atoms with Gasteiger partial charge in [-0.05, 0) is 35.5 Å². The van der Waals surface area contributed by atoms with E-state index in [4.69, 9.17) is 4.42 Å². The summed E-state index contributed by atoms with van der Waals surface area (Å²) >= 11 is 0. The largest absolute Gasteiger partial charge is 0.481 e. The fourth-order valence-corrected chi connectivity index (χ4v) is 7.05. The van der Waals surface area contributed by atoms with Gasteiger partial charge in [-0.1, -0.05) is 0 Å². The number of ether oxygens (including phenoxy) is 1. The Kier molecular flexibility index (Phi) is 1.14. The molecule has 6 heteroatoms. The summed E-state index contributed by atoms with van der Waals surface area (Å²) in [7, 11) is 1.32. The molecule has 0 atom stereocenters. The number of hydrogen-bond acceptors (Lipinski definition) is 5. The molecule has 6 fully saturated rings. The van der Waals surface area contributed by atoms with Crippen molar-refractivity contribution >= 4 is 11.9 Å². The Morgan fingerprint density at radius 1 is 1.25 bits per heavy atom. The zero-order valence-electron chi connectivity index (χ0n) is 10.6. The van der Waals surface area contributed by atoms with Gasteiger partial charge in [0.05, 0.1) is 17.9 Å². The molecule has 0 unspecified atom stereocenters. The molecule has 6 aliphatic rings. The number of carbonyl (C=O) groups excluding carboxylic acids is 1. The van der Waals surface area contributed by atoms with E-state index in [0.29, 0.717) is 41.4 Å². The van der Waals surface area contributed by atoms with Crippen molar-refractivity contribution in [3.05, 3.63) is 17.8 Å². The number of hydrogen-bond donors (Lipinski definition) is 1. The maximum Gasteiger partial charge on any atom is 0.360 e. The smallest absolute Gasteiger partial charge is 0.360 e. The average Bonchev–Trinajstić information content (AvgIpc) is 2.95. The van der Waals surface area contributed by atoms with E-state index in [1.165, 1.54) is 13.4 Å². The standard InChI is InChI=1S/C14H11NO5/c1-19-10(16)3-2-20-11(15-3)13-4-7-5(13)9-6(13)8(4)14(7,9)12(17)18/h2,4-9H,1H3,(H,17,18). The molecule has 0 bridgehead atoms. The molecular formula is C14H11NO5. The highest BCUT2D eigenvalue weighted by molar-refractivity contribution is 5.89. The topological polar surface area (TPSA) is 89.6 Å². The minimum atomic E-state index is -0.600. The Labute approximate surface area is 113 Å². The molecule has 6 aliphatic carbocycles. The van der Waals surface area contributed by atoms with Crippen LogP contribution in [-0.4, -0.2) is 29.1 Å². The zero-order chi connectivity index (χ0) is 13.6. The van der Waals surface area contributed by atoms with Crippen molar-refractivity contribution in [1.82, 2.24) is 4.98 Å². The number of carboxylic acid groups (broad SMARTS) is 1. The molecule has 0 saturated heterocycles. The molecule has 0 amide bonds. The lowest BCUT2D eigenvalue weighted by Gasteiger charge is -3.09. The van der Waals surface area contributed by atoms with E-state index in [1.807, 2.05) is 0 Å². The summed E-state index contributed by atoms with van der Waals surface area (Å²) in [5.41, 5.74) is -0.188. The molecule has 102 valence electrons. The van der Waals surface area contributed by atoms with Crippen molar-refractivity contribution in [1.29, 1.82) is 0 Å². The number of esters is 1. The van der Waals surface area contributed by atoms with E-state index in [1.54, 1.807) is 0 Å².